The Morgan fingerprint density at radius 1 is 0.773 bits per heavy atom. The van der Waals surface area contributed by atoms with Gasteiger partial charge in [-0.05, 0) is 13.8 Å². The van der Waals surface area contributed by atoms with Crippen molar-refractivity contribution in [3.63, 3.8) is 0 Å². The number of fused-ring (bicyclic) bond motifs is 2. The molecule has 0 atom stereocenters. The van der Waals surface area contributed by atoms with E-state index in [1.807, 2.05) is 0 Å². The maximum atomic E-state index is 12.3. The fourth-order valence-corrected chi connectivity index (χ4v) is 2.42. The maximum Gasteiger partial charge on any atom is 0.265 e. The largest absolute Gasteiger partial charge is 0.505 e. The molecule has 3 rings (SSSR count). The van der Waals surface area contributed by atoms with Crippen LogP contribution in [0.5, 0.6) is 11.5 Å². The van der Waals surface area contributed by atoms with E-state index in [2.05, 4.69) is 9.97 Å². The average molecular weight is 302 g/mol. The number of hydrogen-bond acceptors (Lipinski definition) is 6. The van der Waals surface area contributed by atoms with E-state index in [0.717, 1.165) is 0 Å². The molecule has 22 heavy (non-hydrogen) atoms. The SMILES string of the molecule is Cc1nc2c(O)c3c(=O)n(C)c(C)nc3c(O)c2c(=O)n1C. The fraction of sp³-hybridized carbons (Fsp3) is 0.286. The van der Waals surface area contributed by atoms with Gasteiger partial charge in [-0.1, -0.05) is 0 Å². The number of benzene rings is 1. The van der Waals surface area contributed by atoms with E-state index in [1.54, 1.807) is 13.8 Å². The number of hydrogen-bond donors (Lipinski definition) is 2. The second-order valence-electron chi connectivity index (χ2n) is 5.19. The third kappa shape index (κ3) is 1.57. The zero-order valence-corrected chi connectivity index (χ0v) is 12.5. The zero-order chi connectivity index (χ0) is 16.3. The molecular formula is C14H14N4O4. The van der Waals surface area contributed by atoms with Gasteiger partial charge in [-0.15, -0.1) is 0 Å². The van der Waals surface area contributed by atoms with Crippen molar-refractivity contribution in [2.75, 3.05) is 0 Å². The molecule has 0 fully saturated rings. The zero-order valence-electron chi connectivity index (χ0n) is 12.5. The van der Waals surface area contributed by atoms with Crippen LogP contribution < -0.4 is 11.1 Å². The number of nitrogens with zero attached hydrogens (tertiary/aromatic N) is 4. The van der Waals surface area contributed by atoms with E-state index in [0.29, 0.717) is 11.6 Å². The van der Waals surface area contributed by atoms with Crippen LogP contribution in [0.1, 0.15) is 11.6 Å². The maximum absolute atomic E-state index is 12.3. The van der Waals surface area contributed by atoms with Gasteiger partial charge < -0.3 is 10.2 Å². The van der Waals surface area contributed by atoms with Crippen LogP contribution in [-0.4, -0.2) is 29.3 Å². The summed E-state index contributed by atoms with van der Waals surface area (Å²) in [4.78, 5) is 32.9. The van der Waals surface area contributed by atoms with Gasteiger partial charge in [0.05, 0.1) is 0 Å². The van der Waals surface area contributed by atoms with Crippen molar-refractivity contribution in [3.8, 4) is 11.5 Å². The minimum Gasteiger partial charge on any atom is -0.505 e. The van der Waals surface area contributed by atoms with Gasteiger partial charge in [0.2, 0.25) is 0 Å². The number of aromatic nitrogens is 4. The molecule has 0 amide bonds. The van der Waals surface area contributed by atoms with Crippen LogP contribution in [0.3, 0.4) is 0 Å². The third-order valence-corrected chi connectivity index (χ3v) is 3.95. The lowest BCUT2D eigenvalue weighted by Gasteiger charge is -2.12. The molecule has 114 valence electrons. The molecule has 0 unspecified atom stereocenters. The summed E-state index contributed by atoms with van der Waals surface area (Å²) in [6, 6.07) is 0. The highest BCUT2D eigenvalue weighted by molar-refractivity contribution is 6.06. The molecule has 2 N–H and O–H groups in total. The second kappa shape index (κ2) is 4.30. The first-order valence-electron chi connectivity index (χ1n) is 6.54. The molecule has 0 saturated heterocycles. The van der Waals surface area contributed by atoms with Gasteiger partial charge in [0, 0.05) is 14.1 Å². The minimum atomic E-state index is -0.516. The Morgan fingerprint density at radius 3 is 1.41 bits per heavy atom. The van der Waals surface area contributed by atoms with Gasteiger partial charge in [-0.2, -0.15) is 0 Å². The van der Waals surface area contributed by atoms with Crippen molar-refractivity contribution in [3.05, 3.63) is 32.4 Å². The van der Waals surface area contributed by atoms with Gasteiger partial charge in [0.25, 0.3) is 11.1 Å². The Morgan fingerprint density at radius 2 is 1.09 bits per heavy atom. The van der Waals surface area contributed by atoms with Crippen LogP contribution in [0.15, 0.2) is 9.59 Å². The molecule has 0 saturated carbocycles. The first-order chi connectivity index (χ1) is 10.3. The van der Waals surface area contributed by atoms with Crippen LogP contribution in [0.4, 0.5) is 0 Å². The molecule has 2 aromatic heterocycles. The van der Waals surface area contributed by atoms with E-state index in [1.165, 1.54) is 23.2 Å². The molecule has 0 bridgehead atoms. The second-order valence-corrected chi connectivity index (χ2v) is 5.19. The summed E-state index contributed by atoms with van der Waals surface area (Å²) >= 11 is 0. The molecular weight excluding hydrogens is 288 g/mol. The Labute approximate surface area is 123 Å². The summed E-state index contributed by atoms with van der Waals surface area (Å²) in [5.74, 6) is -0.194. The van der Waals surface area contributed by atoms with Crippen molar-refractivity contribution >= 4 is 21.8 Å². The van der Waals surface area contributed by atoms with Crippen molar-refractivity contribution in [1.29, 1.82) is 0 Å². The quantitative estimate of drug-likeness (QED) is 0.453. The molecule has 0 spiro atoms. The van der Waals surface area contributed by atoms with E-state index in [9.17, 15) is 19.8 Å². The number of aromatic hydroxyl groups is 2. The molecule has 0 aliphatic rings. The number of rotatable bonds is 0. The first-order valence-corrected chi connectivity index (χ1v) is 6.54. The van der Waals surface area contributed by atoms with Crippen molar-refractivity contribution in [2.24, 2.45) is 14.1 Å². The van der Waals surface area contributed by atoms with E-state index < -0.39 is 22.6 Å². The molecule has 0 aliphatic carbocycles. The molecule has 0 aliphatic heterocycles. The van der Waals surface area contributed by atoms with Crippen LogP contribution in [0.25, 0.3) is 21.8 Å². The van der Waals surface area contributed by atoms with E-state index in [-0.39, 0.29) is 21.8 Å². The Hall–Kier alpha value is -2.90. The van der Waals surface area contributed by atoms with Crippen LogP contribution in [0.2, 0.25) is 0 Å². The highest BCUT2D eigenvalue weighted by atomic mass is 16.3. The van der Waals surface area contributed by atoms with Crippen LogP contribution in [0, 0.1) is 13.8 Å². The monoisotopic (exact) mass is 302 g/mol. The van der Waals surface area contributed by atoms with Gasteiger partial charge in [0.1, 0.15) is 33.5 Å². The normalized spacial score (nSPS) is 11.5. The molecule has 1 aromatic carbocycles. The lowest BCUT2D eigenvalue weighted by Crippen LogP contribution is -2.23. The number of phenolic OH excluding ortho intramolecular Hbond substituents is 2. The Bertz CT molecular complexity index is 991. The molecule has 8 nitrogen and oxygen atoms in total. The highest BCUT2D eigenvalue weighted by Crippen LogP contribution is 2.36. The lowest BCUT2D eigenvalue weighted by atomic mass is 10.1. The van der Waals surface area contributed by atoms with Gasteiger partial charge >= 0.3 is 0 Å². The Balaban J connectivity index is 2.78. The summed E-state index contributed by atoms with van der Waals surface area (Å²) in [6.45, 7) is 3.18. The van der Waals surface area contributed by atoms with Crippen LogP contribution in [-0.2, 0) is 14.1 Å². The standard InChI is InChI=1S/C14H14N4O4/c1-5-15-9-7(13(21)17(5)3)12(20)10-8(11(9)19)14(22)18(4)6(2)16-10/h19-20H,1-4H3. The summed E-state index contributed by atoms with van der Waals surface area (Å²) in [5, 5.41) is 20.5. The molecule has 2 heterocycles. The minimum absolute atomic E-state index is 0.103. The lowest BCUT2D eigenvalue weighted by molar-refractivity contribution is 0.474. The molecule has 8 heteroatoms. The van der Waals surface area contributed by atoms with Crippen molar-refractivity contribution in [2.45, 2.75) is 13.8 Å². The highest BCUT2D eigenvalue weighted by Gasteiger charge is 2.22. The number of aryl methyl sites for hydroxylation is 2. The van der Waals surface area contributed by atoms with Gasteiger partial charge in [-0.25, -0.2) is 9.97 Å². The third-order valence-electron chi connectivity index (χ3n) is 3.95. The topological polar surface area (TPSA) is 110 Å². The van der Waals surface area contributed by atoms with Gasteiger partial charge in [0.15, 0.2) is 11.5 Å². The Kier molecular flexibility index (Phi) is 2.74. The van der Waals surface area contributed by atoms with Crippen molar-refractivity contribution in [1.82, 2.24) is 19.1 Å². The predicted octanol–water partition coefficient (Wildman–Crippen LogP) is 0.208. The van der Waals surface area contributed by atoms with Crippen molar-refractivity contribution < 1.29 is 10.2 Å². The summed E-state index contributed by atoms with van der Waals surface area (Å²) in [7, 11) is 3.01. The smallest absolute Gasteiger partial charge is 0.265 e. The van der Waals surface area contributed by atoms with Crippen LogP contribution >= 0.6 is 0 Å². The number of phenols is 2. The average Bonchev–Trinajstić information content (AvgIpc) is 2.47. The first kappa shape index (κ1) is 14.1. The summed E-state index contributed by atoms with van der Waals surface area (Å²) in [5.41, 5.74) is -1.24. The van der Waals surface area contributed by atoms with Gasteiger partial charge in [-0.3, -0.25) is 18.7 Å². The van der Waals surface area contributed by atoms with E-state index >= 15 is 0 Å². The molecule has 3 aromatic rings. The molecule has 0 radical (unpaired) electrons. The van der Waals surface area contributed by atoms with E-state index in [4.69, 9.17) is 0 Å². The summed E-state index contributed by atoms with van der Waals surface area (Å²) in [6.07, 6.45) is 0. The predicted molar refractivity (Wildman–Crippen MR) is 80.3 cm³/mol. The summed E-state index contributed by atoms with van der Waals surface area (Å²) < 4.78 is 2.50. The fourth-order valence-electron chi connectivity index (χ4n) is 2.42.